The van der Waals surface area contributed by atoms with Crippen molar-refractivity contribution in [2.24, 2.45) is 5.92 Å². The number of rotatable bonds is 5. The van der Waals surface area contributed by atoms with Gasteiger partial charge in [0.15, 0.2) is 12.4 Å². The van der Waals surface area contributed by atoms with Crippen LogP contribution in [0.4, 0.5) is 11.5 Å². The number of nitrogens with one attached hydrogen (secondary N) is 1. The van der Waals surface area contributed by atoms with Gasteiger partial charge < -0.3 is 19.5 Å². The van der Waals surface area contributed by atoms with Crippen LogP contribution in [-0.4, -0.2) is 36.1 Å². The summed E-state index contributed by atoms with van der Waals surface area (Å²) in [6, 6.07) is 7.39. The molecule has 1 aliphatic heterocycles. The molecule has 2 heterocycles. The fraction of sp³-hybridized carbons (Fsp3) is 0.368. The van der Waals surface area contributed by atoms with E-state index in [1.54, 1.807) is 17.9 Å². The molecule has 2 amide bonds. The lowest BCUT2D eigenvalue weighted by Crippen LogP contribution is -2.28. The molecule has 0 bridgehead atoms. The number of aryl methyl sites for hydroxylation is 3. The molecule has 2 aromatic rings. The first-order chi connectivity index (χ1) is 12.8. The van der Waals surface area contributed by atoms with Crippen LogP contribution >= 0.6 is 0 Å². The van der Waals surface area contributed by atoms with Gasteiger partial charge in [-0.05, 0) is 38.0 Å². The molecular formula is C19H21N3O5. The highest BCUT2D eigenvalue weighted by Gasteiger charge is 2.36. The van der Waals surface area contributed by atoms with Gasteiger partial charge in [-0.1, -0.05) is 17.3 Å². The summed E-state index contributed by atoms with van der Waals surface area (Å²) in [6.45, 7) is 5.36. The highest BCUT2D eigenvalue weighted by atomic mass is 16.5. The molecule has 0 saturated carbocycles. The van der Waals surface area contributed by atoms with Crippen LogP contribution in [0.3, 0.4) is 0 Å². The fourth-order valence-corrected chi connectivity index (χ4v) is 2.97. The molecule has 142 valence electrons. The van der Waals surface area contributed by atoms with Gasteiger partial charge in [0.2, 0.25) is 5.91 Å². The number of ether oxygens (including phenoxy) is 1. The molecule has 1 aromatic heterocycles. The second-order valence-corrected chi connectivity index (χ2v) is 6.67. The van der Waals surface area contributed by atoms with Gasteiger partial charge in [-0.2, -0.15) is 0 Å². The summed E-state index contributed by atoms with van der Waals surface area (Å²) in [5, 5.41) is 6.10. The molecule has 27 heavy (non-hydrogen) atoms. The Morgan fingerprint density at radius 3 is 2.78 bits per heavy atom. The number of carbonyl (C=O) groups is 3. The predicted octanol–water partition coefficient (Wildman–Crippen LogP) is 2.13. The van der Waals surface area contributed by atoms with Crippen LogP contribution in [0.2, 0.25) is 0 Å². The van der Waals surface area contributed by atoms with E-state index >= 15 is 0 Å². The monoisotopic (exact) mass is 371 g/mol. The summed E-state index contributed by atoms with van der Waals surface area (Å²) < 4.78 is 9.91. The lowest BCUT2D eigenvalue weighted by molar-refractivity contribution is -0.151. The van der Waals surface area contributed by atoms with Crippen molar-refractivity contribution in [1.29, 1.82) is 0 Å². The van der Waals surface area contributed by atoms with Crippen molar-refractivity contribution < 1.29 is 23.6 Å². The molecule has 8 nitrogen and oxygen atoms in total. The average molecular weight is 371 g/mol. The van der Waals surface area contributed by atoms with Crippen LogP contribution in [0.1, 0.15) is 23.3 Å². The van der Waals surface area contributed by atoms with E-state index in [2.05, 4.69) is 10.5 Å². The number of amides is 2. The van der Waals surface area contributed by atoms with Gasteiger partial charge in [-0.3, -0.25) is 14.4 Å². The maximum absolute atomic E-state index is 12.4. The highest BCUT2D eigenvalue weighted by molar-refractivity contribution is 6.00. The molecule has 0 aliphatic carbocycles. The normalized spacial score (nSPS) is 16.5. The summed E-state index contributed by atoms with van der Waals surface area (Å²) in [5.41, 5.74) is 2.80. The first kappa shape index (κ1) is 18.6. The molecule has 0 radical (unpaired) electrons. The molecule has 1 fully saturated rings. The Balaban J connectivity index is 1.56. The van der Waals surface area contributed by atoms with Crippen molar-refractivity contribution in [3.8, 4) is 0 Å². The van der Waals surface area contributed by atoms with Crippen molar-refractivity contribution in [2.45, 2.75) is 27.2 Å². The molecular weight excluding hydrogens is 350 g/mol. The minimum Gasteiger partial charge on any atom is -0.455 e. The summed E-state index contributed by atoms with van der Waals surface area (Å²) in [7, 11) is 0. The van der Waals surface area contributed by atoms with Crippen molar-refractivity contribution in [3.63, 3.8) is 0 Å². The maximum atomic E-state index is 12.4. The van der Waals surface area contributed by atoms with Gasteiger partial charge in [0.25, 0.3) is 5.91 Å². The Kier molecular flexibility index (Phi) is 5.25. The van der Waals surface area contributed by atoms with Gasteiger partial charge in [0.1, 0.15) is 5.76 Å². The quantitative estimate of drug-likeness (QED) is 0.808. The summed E-state index contributed by atoms with van der Waals surface area (Å²) in [4.78, 5) is 38.0. The summed E-state index contributed by atoms with van der Waals surface area (Å²) in [6.07, 6.45) is 0.0658. The van der Waals surface area contributed by atoms with Crippen molar-refractivity contribution >= 4 is 29.3 Å². The third-order valence-electron chi connectivity index (χ3n) is 4.35. The molecule has 8 heteroatoms. The van der Waals surface area contributed by atoms with Crippen molar-refractivity contribution in [3.05, 3.63) is 41.2 Å². The number of carbonyl (C=O) groups excluding carboxylic acids is 3. The molecule has 1 N–H and O–H groups in total. The van der Waals surface area contributed by atoms with Crippen LogP contribution in [0.15, 0.2) is 28.8 Å². The van der Waals surface area contributed by atoms with E-state index in [1.165, 1.54) is 0 Å². The minimum absolute atomic E-state index is 0.0658. The SMILES string of the molecule is Cc1ccc(C)c(N2C[C@@H](C(=O)OCC(=O)Nc3cc(C)on3)CC2=O)c1. The number of nitrogens with zero attached hydrogens (tertiary/aromatic N) is 2. The highest BCUT2D eigenvalue weighted by Crippen LogP contribution is 2.29. The van der Waals surface area contributed by atoms with E-state index < -0.39 is 24.4 Å². The molecule has 1 atom stereocenters. The summed E-state index contributed by atoms with van der Waals surface area (Å²) >= 11 is 0. The second-order valence-electron chi connectivity index (χ2n) is 6.67. The third-order valence-corrected chi connectivity index (χ3v) is 4.35. The average Bonchev–Trinajstić information content (AvgIpc) is 3.20. The van der Waals surface area contributed by atoms with E-state index in [9.17, 15) is 14.4 Å². The second kappa shape index (κ2) is 7.61. The molecule has 1 aliphatic rings. The van der Waals surface area contributed by atoms with E-state index in [-0.39, 0.29) is 24.7 Å². The topological polar surface area (TPSA) is 102 Å². The Hall–Kier alpha value is -3.16. The number of hydrogen-bond donors (Lipinski definition) is 1. The first-order valence-electron chi connectivity index (χ1n) is 8.61. The van der Waals surface area contributed by atoms with E-state index in [1.807, 2.05) is 32.0 Å². The standard InChI is InChI=1S/C19H21N3O5/c1-11-4-5-12(2)15(6-11)22-9-14(8-18(22)24)19(25)26-10-17(23)20-16-7-13(3)27-21-16/h4-7,14H,8-10H2,1-3H3,(H,20,21,23)/t14-/m0/s1. The zero-order valence-electron chi connectivity index (χ0n) is 15.4. The number of hydrogen-bond acceptors (Lipinski definition) is 6. The Labute approximate surface area is 156 Å². The number of anilines is 2. The van der Waals surface area contributed by atoms with E-state index in [4.69, 9.17) is 9.26 Å². The molecule has 3 rings (SSSR count). The summed E-state index contributed by atoms with van der Waals surface area (Å²) in [5.74, 6) is -1.01. The fourth-order valence-electron chi connectivity index (χ4n) is 2.97. The van der Waals surface area contributed by atoms with Crippen LogP contribution in [0.25, 0.3) is 0 Å². The van der Waals surface area contributed by atoms with Gasteiger partial charge >= 0.3 is 5.97 Å². The molecule has 1 saturated heterocycles. The van der Waals surface area contributed by atoms with Gasteiger partial charge in [0.05, 0.1) is 5.92 Å². The van der Waals surface area contributed by atoms with E-state index in [0.717, 1.165) is 16.8 Å². The Morgan fingerprint density at radius 2 is 2.07 bits per heavy atom. The van der Waals surface area contributed by atoms with Crippen molar-refractivity contribution in [1.82, 2.24) is 5.16 Å². The van der Waals surface area contributed by atoms with E-state index in [0.29, 0.717) is 5.76 Å². The zero-order valence-corrected chi connectivity index (χ0v) is 15.4. The lowest BCUT2D eigenvalue weighted by atomic mass is 10.1. The number of esters is 1. The number of benzene rings is 1. The van der Waals surface area contributed by atoms with Crippen LogP contribution in [-0.2, 0) is 19.1 Å². The number of aromatic nitrogens is 1. The lowest BCUT2D eigenvalue weighted by Gasteiger charge is -2.19. The molecule has 0 unspecified atom stereocenters. The van der Waals surface area contributed by atoms with Crippen molar-refractivity contribution in [2.75, 3.05) is 23.4 Å². The Morgan fingerprint density at radius 1 is 1.30 bits per heavy atom. The Bertz CT molecular complexity index is 889. The third kappa shape index (κ3) is 4.33. The van der Waals surface area contributed by atoms with Crippen LogP contribution < -0.4 is 10.2 Å². The van der Waals surface area contributed by atoms with Crippen LogP contribution in [0.5, 0.6) is 0 Å². The maximum Gasteiger partial charge on any atom is 0.311 e. The smallest absolute Gasteiger partial charge is 0.311 e. The van der Waals surface area contributed by atoms with Gasteiger partial charge in [-0.25, -0.2) is 0 Å². The molecule has 0 spiro atoms. The zero-order chi connectivity index (χ0) is 19.6. The largest absolute Gasteiger partial charge is 0.455 e. The first-order valence-corrected chi connectivity index (χ1v) is 8.61. The molecule has 1 aromatic carbocycles. The van der Waals surface area contributed by atoms with Gasteiger partial charge in [-0.15, -0.1) is 0 Å². The van der Waals surface area contributed by atoms with Crippen LogP contribution in [0, 0.1) is 26.7 Å². The van der Waals surface area contributed by atoms with Gasteiger partial charge in [0, 0.05) is 24.7 Å². The minimum atomic E-state index is -0.598. The predicted molar refractivity (Wildman–Crippen MR) is 97.2 cm³/mol.